The molecule has 114 valence electrons. The van der Waals surface area contributed by atoms with Crippen molar-refractivity contribution in [3.05, 3.63) is 11.4 Å². The number of hydrogen-bond acceptors (Lipinski definition) is 7. The molecule has 1 saturated heterocycles. The predicted octanol–water partition coefficient (Wildman–Crippen LogP) is 2.11. The van der Waals surface area contributed by atoms with Gasteiger partial charge >= 0.3 is 0 Å². The summed E-state index contributed by atoms with van der Waals surface area (Å²) in [5.41, 5.74) is 0. The molecule has 2 aromatic heterocycles. The van der Waals surface area contributed by atoms with Gasteiger partial charge in [-0.3, -0.25) is 0 Å². The van der Waals surface area contributed by atoms with E-state index in [9.17, 15) is 8.42 Å². The average Bonchev–Trinajstić information content (AvgIpc) is 2.86. The number of nitrogens with zero attached hydrogens (tertiary/aromatic N) is 2. The Morgan fingerprint density at radius 3 is 3.05 bits per heavy atom. The van der Waals surface area contributed by atoms with E-state index in [1.807, 2.05) is 18.4 Å². The number of nitrogens with one attached hydrogen (secondary N) is 2. The van der Waals surface area contributed by atoms with Crippen LogP contribution in [0.4, 0.5) is 11.8 Å². The summed E-state index contributed by atoms with van der Waals surface area (Å²) in [6.07, 6.45) is 1.56. The summed E-state index contributed by atoms with van der Waals surface area (Å²) >= 11 is 1.55. The van der Waals surface area contributed by atoms with E-state index in [0.717, 1.165) is 29.0 Å². The molecule has 8 heteroatoms. The molecule has 0 amide bonds. The normalized spacial score (nSPS) is 21.3. The molecule has 3 heterocycles. The second-order valence-electron chi connectivity index (χ2n) is 5.16. The number of aromatic nitrogens is 2. The van der Waals surface area contributed by atoms with Crippen LogP contribution in [0, 0.1) is 0 Å². The first-order valence-corrected chi connectivity index (χ1v) is 9.73. The van der Waals surface area contributed by atoms with Gasteiger partial charge in [0.2, 0.25) is 5.95 Å². The van der Waals surface area contributed by atoms with Crippen molar-refractivity contribution >= 4 is 43.2 Å². The Balaban J connectivity index is 1.90. The highest BCUT2D eigenvalue weighted by Gasteiger charge is 2.25. The van der Waals surface area contributed by atoms with Crippen molar-refractivity contribution in [2.75, 3.05) is 28.7 Å². The molecule has 2 N–H and O–H groups in total. The zero-order valence-corrected chi connectivity index (χ0v) is 13.4. The lowest BCUT2D eigenvalue weighted by Crippen LogP contribution is -2.35. The minimum atomic E-state index is -2.93. The van der Waals surface area contributed by atoms with E-state index in [1.54, 1.807) is 11.3 Å². The fraction of sp³-hybridized carbons (Fsp3) is 0.538. The molecule has 1 unspecified atom stereocenters. The van der Waals surface area contributed by atoms with Crippen molar-refractivity contribution in [3.63, 3.8) is 0 Å². The number of anilines is 2. The lowest BCUT2D eigenvalue weighted by Gasteiger charge is -2.24. The molecule has 1 atom stereocenters. The van der Waals surface area contributed by atoms with Gasteiger partial charge in [-0.25, -0.2) is 13.4 Å². The van der Waals surface area contributed by atoms with Gasteiger partial charge in [0.1, 0.15) is 10.6 Å². The first-order chi connectivity index (χ1) is 10.1. The Labute approximate surface area is 127 Å². The van der Waals surface area contributed by atoms with Crippen molar-refractivity contribution in [1.29, 1.82) is 0 Å². The molecule has 1 fully saturated rings. The summed E-state index contributed by atoms with van der Waals surface area (Å²) < 4.78 is 23.5. The molecule has 0 spiro atoms. The molecule has 6 nitrogen and oxygen atoms in total. The highest BCUT2D eigenvalue weighted by atomic mass is 32.2. The second kappa shape index (κ2) is 5.76. The Morgan fingerprint density at radius 1 is 1.43 bits per heavy atom. The minimum Gasteiger partial charge on any atom is -0.366 e. The smallest absolute Gasteiger partial charge is 0.226 e. The average molecular weight is 326 g/mol. The van der Waals surface area contributed by atoms with E-state index >= 15 is 0 Å². The van der Waals surface area contributed by atoms with Crippen LogP contribution < -0.4 is 10.6 Å². The van der Waals surface area contributed by atoms with Crippen LogP contribution in [0.5, 0.6) is 0 Å². The molecule has 1 aliphatic rings. The van der Waals surface area contributed by atoms with E-state index in [4.69, 9.17) is 0 Å². The number of thiophene rings is 1. The number of fused-ring (bicyclic) bond motifs is 1. The topological polar surface area (TPSA) is 84.0 Å². The summed E-state index contributed by atoms with van der Waals surface area (Å²) in [6, 6.07) is 1.89. The van der Waals surface area contributed by atoms with Gasteiger partial charge in [0.15, 0.2) is 9.84 Å². The van der Waals surface area contributed by atoms with Crippen LogP contribution in [0.25, 0.3) is 10.2 Å². The summed E-state index contributed by atoms with van der Waals surface area (Å²) in [6.45, 7) is 2.73. The quantitative estimate of drug-likeness (QED) is 0.895. The van der Waals surface area contributed by atoms with Crippen LogP contribution in [0.3, 0.4) is 0 Å². The zero-order chi connectivity index (χ0) is 14.9. The number of sulfone groups is 1. The highest BCUT2D eigenvalue weighted by Crippen LogP contribution is 2.28. The van der Waals surface area contributed by atoms with Crippen molar-refractivity contribution in [1.82, 2.24) is 9.97 Å². The molecule has 0 aliphatic carbocycles. The van der Waals surface area contributed by atoms with Crippen molar-refractivity contribution in [2.24, 2.45) is 0 Å². The van der Waals surface area contributed by atoms with E-state index in [-0.39, 0.29) is 11.8 Å². The van der Waals surface area contributed by atoms with Gasteiger partial charge in [-0.15, -0.1) is 11.3 Å². The van der Waals surface area contributed by atoms with Gasteiger partial charge < -0.3 is 10.6 Å². The molecule has 3 rings (SSSR count). The van der Waals surface area contributed by atoms with Crippen LogP contribution in [-0.2, 0) is 9.84 Å². The number of rotatable bonds is 4. The predicted molar refractivity (Wildman–Crippen MR) is 86.9 cm³/mol. The van der Waals surface area contributed by atoms with E-state index in [2.05, 4.69) is 20.6 Å². The molecule has 0 saturated carbocycles. The first-order valence-electron chi connectivity index (χ1n) is 7.03. The fourth-order valence-corrected chi connectivity index (χ4v) is 4.93. The van der Waals surface area contributed by atoms with Crippen molar-refractivity contribution < 1.29 is 8.42 Å². The van der Waals surface area contributed by atoms with Crippen LogP contribution in [0.1, 0.15) is 19.8 Å². The Kier molecular flexibility index (Phi) is 3.99. The lowest BCUT2D eigenvalue weighted by molar-refractivity contribution is 0.561. The third-order valence-corrected chi connectivity index (χ3v) is 6.09. The molecule has 0 aromatic carbocycles. The molecular weight excluding hydrogens is 308 g/mol. The molecule has 0 bridgehead atoms. The van der Waals surface area contributed by atoms with Gasteiger partial charge in [0.05, 0.1) is 16.9 Å². The third-order valence-electron chi connectivity index (χ3n) is 3.46. The summed E-state index contributed by atoms with van der Waals surface area (Å²) in [5, 5.41) is 9.33. The SMILES string of the molecule is CCNc1nc(NC2CCCS(=O)(=O)C2)c2ccsc2n1. The molecular formula is C13H18N4O2S2. The van der Waals surface area contributed by atoms with E-state index in [1.165, 1.54) is 0 Å². The summed E-state index contributed by atoms with van der Waals surface area (Å²) in [4.78, 5) is 9.83. The maximum atomic E-state index is 11.8. The zero-order valence-electron chi connectivity index (χ0n) is 11.8. The Hall–Kier alpha value is -1.41. The fourth-order valence-electron chi connectivity index (χ4n) is 2.53. The van der Waals surface area contributed by atoms with Gasteiger partial charge in [-0.2, -0.15) is 4.98 Å². The number of hydrogen-bond donors (Lipinski definition) is 2. The van der Waals surface area contributed by atoms with Crippen molar-refractivity contribution in [3.8, 4) is 0 Å². The Morgan fingerprint density at radius 2 is 2.29 bits per heavy atom. The first kappa shape index (κ1) is 14.5. The maximum absolute atomic E-state index is 11.8. The van der Waals surface area contributed by atoms with Gasteiger partial charge in [-0.1, -0.05) is 0 Å². The van der Waals surface area contributed by atoms with Crippen LogP contribution >= 0.6 is 11.3 Å². The van der Waals surface area contributed by atoms with Crippen LogP contribution in [0.15, 0.2) is 11.4 Å². The molecule has 0 radical (unpaired) electrons. The third kappa shape index (κ3) is 3.26. The Bertz CT molecular complexity index is 742. The van der Waals surface area contributed by atoms with E-state index in [0.29, 0.717) is 18.1 Å². The van der Waals surface area contributed by atoms with Crippen LogP contribution in [-0.4, -0.2) is 42.5 Å². The molecule has 21 heavy (non-hydrogen) atoms. The van der Waals surface area contributed by atoms with Gasteiger partial charge in [0, 0.05) is 12.6 Å². The standard InChI is InChI=1S/C13H18N4O2S2/c1-2-14-13-16-11(10-5-6-20-12(10)17-13)15-9-4-3-7-21(18,19)8-9/h5-6,9H,2-4,7-8H2,1H3,(H2,14,15,16,17). The lowest BCUT2D eigenvalue weighted by atomic mass is 10.2. The monoisotopic (exact) mass is 326 g/mol. The molecule has 1 aliphatic heterocycles. The van der Waals surface area contributed by atoms with Gasteiger partial charge in [0.25, 0.3) is 0 Å². The van der Waals surface area contributed by atoms with Crippen LogP contribution in [0.2, 0.25) is 0 Å². The minimum absolute atomic E-state index is 0.0729. The second-order valence-corrected chi connectivity index (χ2v) is 8.29. The maximum Gasteiger partial charge on any atom is 0.226 e. The van der Waals surface area contributed by atoms with Gasteiger partial charge in [-0.05, 0) is 31.2 Å². The largest absolute Gasteiger partial charge is 0.366 e. The summed E-state index contributed by atoms with van der Waals surface area (Å²) in [5.74, 6) is 1.78. The summed E-state index contributed by atoms with van der Waals surface area (Å²) in [7, 11) is -2.93. The highest BCUT2D eigenvalue weighted by molar-refractivity contribution is 7.91. The molecule has 2 aromatic rings. The van der Waals surface area contributed by atoms with Crippen molar-refractivity contribution in [2.45, 2.75) is 25.8 Å². The van der Waals surface area contributed by atoms with E-state index < -0.39 is 9.84 Å².